The molecule has 0 spiro atoms. The van der Waals surface area contributed by atoms with Crippen LogP contribution in [0.5, 0.6) is 0 Å². The van der Waals surface area contributed by atoms with E-state index in [2.05, 4.69) is 14.8 Å². The van der Waals surface area contributed by atoms with Gasteiger partial charge in [-0.05, 0) is 30.9 Å². The van der Waals surface area contributed by atoms with Gasteiger partial charge in [-0.15, -0.1) is 0 Å². The van der Waals surface area contributed by atoms with Crippen LogP contribution in [0, 0.1) is 16.0 Å². The maximum absolute atomic E-state index is 11.6. The molecule has 0 radical (unpaired) electrons. The zero-order chi connectivity index (χ0) is 15.3. The van der Waals surface area contributed by atoms with Gasteiger partial charge in [0.1, 0.15) is 5.15 Å². The van der Waals surface area contributed by atoms with Crippen molar-refractivity contribution in [1.82, 2.24) is 14.8 Å². The van der Waals surface area contributed by atoms with E-state index in [4.69, 9.17) is 11.6 Å². The van der Waals surface area contributed by atoms with Crippen molar-refractivity contribution in [2.24, 2.45) is 5.92 Å². The molecule has 0 N–H and O–H groups in total. The van der Waals surface area contributed by atoms with Gasteiger partial charge < -0.3 is 9.80 Å². The number of hydrogen-bond acceptors (Lipinski definition) is 5. The fraction of sp³-hybridized carbons (Fsp3) is 0.533. The molecule has 7 heteroatoms. The van der Waals surface area contributed by atoms with Gasteiger partial charge in [-0.2, -0.15) is 0 Å². The molecule has 6 nitrogen and oxygen atoms in total. The van der Waals surface area contributed by atoms with Crippen molar-refractivity contribution in [3.05, 3.63) is 50.7 Å². The molecule has 1 aliphatic carbocycles. The fourth-order valence-corrected chi connectivity index (χ4v) is 4.18. The van der Waals surface area contributed by atoms with Gasteiger partial charge in [-0.1, -0.05) is 17.7 Å². The molecule has 3 heterocycles. The first-order chi connectivity index (χ1) is 10.6. The third kappa shape index (κ3) is 2.13. The van der Waals surface area contributed by atoms with Crippen LogP contribution >= 0.6 is 11.6 Å². The summed E-state index contributed by atoms with van der Waals surface area (Å²) in [4.78, 5) is 19.9. The van der Waals surface area contributed by atoms with Crippen molar-refractivity contribution in [1.29, 1.82) is 0 Å². The zero-order valence-electron chi connectivity index (χ0n) is 12.1. The molecule has 22 heavy (non-hydrogen) atoms. The van der Waals surface area contributed by atoms with Crippen molar-refractivity contribution < 1.29 is 4.92 Å². The van der Waals surface area contributed by atoms with Crippen molar-refractivity contribution in [3.63, 3.8) is 0 Å². The summed E-state index contributed by atoms with van der Waals surface area (Å²) in [5.41, 5.74) is 1.45. The minimum absolute atomic E-state index is 0.121. The van der Waals surface area contributed by atoms with E-state index in [1.54, 1.807) is 12.3 Å². The minimum Gasteiger partial charge on any atom is -0.348 e. The second-order valence-electron chi connectivity index (χ2n) is 6.23. The number of allylic oxidation sites excluding steroid dienone is 1. The maximum atomic E-state index is 11.6. The number of pyridine rings is 1. The van der Waals surface area contributed by atoms with Gasteiger partial charge in [0.05, 0.1) is 10.8 Å². The highest BCUT2D eigenvalue weighted by atomic mass is 35.5. The van der Waals surface area contributed by atoms with Crippen LogP contribution in [0.25, 0.3) is 0 Å². The highest BCUT2D eigenvalue weighted by Gasteiger charge is 2.49. The topological polar surface area (TPSA) is 62.5 Å². The second kappa shape index (κ2) is 5.12. The Labute approximate surface area is 133 Å². The van der Waals surface area contributed by atoms with Gasteiger partial charge >= 0.3 is 0 Å². The fourth-order valence-electron chi connectivity index (χ4n) is 4.06. The molecule has 2 bridgehead atoms. The standard InChI is InChI=1S/C15H17ClN4O2/c16-13-4-1-10(8-17-13)9-18-5-6-19-12-3-2-11(7-12)14(15(18)19)20(21)22/h1,4,8,11-12H,2-3,5-7,9H2/t11-,12+/m0/s1. The van der Waals surface area contributed by atoms with E-state index in [-0.39, 0.29) is 10.8 Å². The number of aromatic nitrogens is 1. The third-order valence-corrected chi connectivity index (χ3v) is 5.23. The van der Waals surface area contributed by atoms with Crippen molar-refractivity contribution in [3.8, 4) is 0 Å². The van der Waals surface area contributed by atoms with Gasteiger partial charge in [-0.25, -0.2) is 4.98 Å². The summed E-state index contributed by atoms with van der Waals surface area (Å²) < 4.78 is 0. The highest BCUT2D eigenvalue weighted by molar-refractivity contribution is 6.29. The summed E-state index contributed by atoms with van der Waals surface area (Å²) in [5, 5.41) is 12.1. The molecule has 4 rings (SSSR count). The normalized spacial score (nSPS) is 26.6. The molecule has 116 valence electrons. The Bertz CT molecular complexity index is 645. The molecule has 0 unspecified atom stereocenters. The van der Waals surface area contributed by atoms with Crippen LogP contribution < -0.4 is 0 Å². The van der Waals surface area contributed by atoms with Crippen LogP contribution in [0.15, 0.2) is 29.8 Å². The Morgan fingerprint density at radius 2 is 2.23 bits per heavy atom. The van der Waals surface area contributed by atoms with Gasteiger partial charge in [0.15, 0.2) is 5.82 Å². The molecule has 1 saturated carbocycles. The van der Waals surface area contributed by atoms with Gasteiger partial charge in [0.2, 0.25) is 0 Å². The summed E-state index contributed by atoms with van der Waals surface area (Å²) >= 11 is 5.82. The van der Waals surface area contributed by atoms with Gasteiger partial charge in [-0.3, -0.25) is 10.1 Å². The summed E-state index contributed by atoms with van der Waals surface area (Å²) in [6.45, 7) is 2.36. The number of rotatable bonds is 3. The van der Waals surface area contributed by atoms with Crippen molar-refractivity contribution in [2.75, 3.05) is 13.1 Å². The first kappa shape index (κ1) is 13.8. The Hall–Kier alpha value is -1.82. The Morgan fingerprint density at radius 3 is 2.95 bits per heavy atom. The number of fused-ring (bicyclic) bond motifs is 4. The quantitative estimate of drug-likeness (QED) is 0.486. The van der Waals surface area contributed by atoms with E-state index >= 15 is 0 Å². The maximum Gasteiger partial charge on any atom is 0.289 e. The number of nitrogens with zero attached hydrogens (tertiary/aromatic N) is 4. The van der Waals surface area contributed by atoms with Crippen molar-refractivity contribution >= 4 is 11.6 Å². The highest BCUT2D eigenvalue weighted by Crippen LogP contribution is 2.45. The van der Waals surface area contributed by atoms with E-state index in [0.717, 1.165) is 43.7 Å². The van der Waals surface area contributed by atoms with Gasteiger partial charge in [0, 0.05) is 31.9 Å². The molecule has 2 atom stereocenters. The second-order valence-corrected chi connectivity index (χ2v) is 6.62. The average Bonchev–Trinajstić information content (AvgIpc) is 3.08. The Balaban J connectivity index is 1.67. The van der Waals surface area contributed by atoms with Crippen LogP contribution in [0.3, 0.4) is 0 Å². The van der Waals surface area contributed by atoms with E-state index in [1.807, 2.05) is 6.07 Å². The SMILES string of the molecule is O=[N+]([O-])C1=C2N(Cc3ccc(Cl)nc3)CCN2[C@@H]2CC[C@H]1C2. The van der Waals surface area contributed by atoms with Crippen LogP contribution in [-0.2, 0) is 6.54 Å². The van der Waals surface area contributed by atoms with Crippen molar-refractivity contribution in [2.45, 2.75) is 31.8 Å². The van der Waals surface area contributed by atoms with Crippen LogP contribution in [-0.4, -0.2) is 38.8 Å². The number of hydrogen-bond donors (Lipinski definition) is 0. The molecule has 2 fully saturated rings. The lowest BCUT2D eigenvalue weighted by Crippen LogP contribution is -2.37. The van der Waals surface area contributed by atoms with E-state index in [1.165, 1.54) is 0 Å². The molecule has 1 aromatic rings. The molecule has 1 aromatic heterocycles. The summed E-state index contributed by atoms with van der Waals surface area (Å²) in [6.07, 6.45) is 4.70. The lowest BCUT2D eigenvalue weighted by Gasteiger charge is -2.32. The largest absolute Gasteiger partial charge is 0.348 e. The molecular formula is C15H17ClN4O2. The van der Waals surface area contributed by atoms with Crippen LogP contribution in [0.2, 0.25) is 5.15 Å². The first-order valence-corrected chi connectivity index (χ1v) is 8.02. The number of nitro groups is 1. The zero-order valence-corrected chi connectivity index (χ0v) is 12.9. The summed E-state index contributed by atoms with van der Waals surface area (Å²) in [5.74, 6) is 0.967. The van der Waals surface area contributed by atoms with Gasteiger partial charge in [0.25, 0.3) is 5.70 Å². The predicted molar refractivity (Wildman–Crippen MR) is 81.5 cm³/mol. The molecule has 0 aromatic carbocycles. The van der Waals surface area contributed by atoms with Crippen LogP contribution in [0.1, 0.15) is 24.8 Å². The predicted octanol–water partition coefficient (Wildman–Crippen LogP) is 2.48. The third-order valence-electron chi connectivity index (χ3n) is 5.00. The summed E-state index contributed by atoms with van der Waals surface area (Å²) in [7, 11) is 0. The van der Waals surface area contributed by atoms with E-state index < -0.39 is 0 Å². The molecule has 1 saturated heterocycles. The Morgan fingerprint density at radius 1 is 1.36 bits per heavy atom. The Kier molecular flexibility index (Phi) is 3.22. The van der Waals surface area contributed by atoms with E-state index in [0.29, 0.717) is 23.4 Å². The smallest absolute Gasteiger partial charge is 0.289 e. The lowest BCUT2D eigenvalue weighted by molar-refractivity contribution is -0.438. The molecule has 2 aliphatic heterocycles. The summed E-state index contributed by atoms with van der Waals surface area (Å²) in [6, 6.07) is 4.18. The molecular weight excluding hydrogens is 304 g/mol. The number of halogens is 1. The monoisotopic (exact) mass is 320 g/mol. The first-order valence-electron chi connectivity index (χ1n) is 7.64. The lowest BCUT2D eigenvalue weighted by atomic mass is 10.00. The van der Waals surface area contributed by atoms with Crippen LogP contribution in [0.4, 0.5) is 0 Å². The minimum atomic E-state index is -0.160. The average molecular weight is 321 g/mol. The molecule has 0 amide bonds. The van der Waals surface area contributed by atoms with E-state index in [9.17, 15) is 10.1 Å². The molecule has 3 aliphatic rings.